The van der Waals surface area contributed by atoms with Crippen molar-refractivity contribution in [3.63, 3.8) is 0 Å². The van der Waals surface area contributed by atoms with Gasteiger partial charge in [-0.1, -0.05) is 102 Å². The fourth-order valence-corrected chi connectivity index (χ4v) is 12.1. The number of benzene rings is 6. The summed E-state index contributed by atoms with van der Waals surface area (Å²) in [6, 6.07) is 45.7. The lowest BCUT2D eigenvalue weighted by Crippen LogP contribution is -2.62. The minimum Gasteiger partial charge on any atom is -0.309 e. The molecule has 0 bridgehead atoms. The molecule has 0 amide bonds. The Balaban J connectivity index is 1.23. The summed E-state index contributed by atoms with van der Waals surface area (Å²) in [6.45, 7) is 0.133. The molecule has 0 spiro atoms. The lowest BCUT2D eigenvalue weighted by molar-refractivity contribution is 0.970. The Bertz CT molecular complexity index is 2490. The Morgan fingerprint density at radius 2 is 1.02 bits per heavy atom. The number of anilines is 8. The molecule has 230 valence electrons. The molecule has 6 aromatic carbocycles. The van der Waals surface area contributed by atoms with Crippen LogP contribution in [0.3, 0.4) is 0 Å². The van der Waals surface area contributed by atoms with Gasteiger partial charge in [0.2, 0.25) is 0 Å². The molecule has 3 nitrogen and oxygen atoms in total. The summed E-state index contributed by atoms with van der Waals surface area (Å²) in [5.74, 6) is 0. The molecule has 6 aromatic rings. The van der Waals surface area contributed by atoms with Gasteiger partial charge in [0.25, 0.3) is 6.71 Å². The van der Waals surface area contributed by atoms with Gasteiger partial charge in [0, 0.05) is 40.8 Å². The van der Waals surface area contributed by atoms with Crippen molar-refractivity contribution in [2.24, 2.45) is 0 Å². The molecular weight excluding hydrogens is 653 g/mol. The van der Waals surface area contributed by atoms with Crippen LogP contribution >= 0.6 is 35.3 Å². The molecule has 5 aliphatic heterocycles. The third-order valence-corrected chi connectivity index (χ3v) is 14.1. The number of hydrogen-bond acceptors (Lipinski definition) is 6. The Morgan fingerprint density at radius 1 is 0.490 bits per heavy atom. The first kappa shape index (κ1) is 27.2. The maximum atomic E-state index is 2.63. The van der Waals surface area contributed by atoms with E-state index in [1.807, 2.05) is 35.3 Å². The number of rotatable bonds is 1. The van der Waals surface area contributed by atoms with Crippen molar-refractivity contribution in [3.05, 3.63) is 144 Å². The monoisotopic (exact) mass is 679 g/mol. The first-order valence-electron chi connectivity index (χ1n) is 16.9. The molecule has 0 N–H and O–H groups in total. The molecule has 0 fully saturated rings. The van der Waals surface area contributed by atoms with Crippen molar-refractivity contribution in [1.29, 1.82) is 0 Å². The minimum absolute atomic E-state index is 0.133. The van der Waals surface area contributed by atoms with Gasteiger partial charge in [0.1, 0.15) is 0 Å². The fraction of sp³-hybridized carbons (Fsp3) is 0.0476. The van der Waals surface area contributed by atoms with Crippen LogP contribution in [0.25, 0.3) is 0 Å². The van der Waals surface area contributed by atoms with Crippen LogP contribution in [0.15, 0.2) is 169 Å². The van der Waals surface area contributed by atoms with E-state index in [1.165, 1.54) is 97.0 Å². The normalized spacial score (nSPS) is 16.7. The number of hydrogen-bond donors (Lipinski definition) is 0. The Morgan fingerprint density at radius 3 is 1.69 bits per heavy atom. The number of nitrogens with zero attached hydrogens (tertiary/aromatic N) is 3. The maximum absolute atomic E-state index is 2.63. The molecule has 12 rings (SSSR count). The average molecular weight is 680 g/mol. The van der Waals surface area contributed by atoms with Gasteiger partial charge in [-0.15, -0.1) is 0 Å². The van der Waals surface area contributed by atoms with E-state index in [1.54, 1.807) is 0 Å². The molecule has 7 heteroatoms. The highest BCUT2D eigenvalue weighted by atomic mass is 32.2. The van der Waals surface area contributed by atoms with E-state index in [2.05, 4.69) is 148 Å². The van der Waals surface area contributed by atoms with E-state index in [0.717, 1.165) is 12.8 Å². The summed E-state index contributed by atoms with van der Waals surface area (Å²) in [7, 11) is 0. The molecule has 5 heterocycles. The van der Waals surface area contributed by atoms with E-state index in [-0.39, 0.29) is 6.71 Å². The highest BCUT2D eigenvalue weighted by molar-refractivity contribution is 8.03. The molecule has 0 saturated carbocycles. The van der Waals surface area contributed by atoms with Crippen molar-refractivity contribution in [3.8, 4) is 0 Å². The minimum atomic E-state index is 0.133. The van der Waals surface area contributed by atoms with Crippen molar-refractivity contribution in [2.45, 2.75) is 37.3 Å². The summed E-state index contributed by atoms with van der Waals surface area (Å²) in [4.78, 5) is 15.7. The molecule has 6 aliphatic rings. The van der Waals surface area contributed by atoms with Crippen molar-refractivity contribution in [2.75, 3.05) is 14.7 Å². The van der Waals surface area contributed by atoms with Gasteiger partial charge < -0.3 is 14.7 Å². The van der Waals surface area contributed by atoms with Gasteiger partial charge >= 0.3 is 0 Å². The SMILES string of the molecule is C1=CC2=C(CC1)Sc1cccc3c1N2c1cc(N2c4ccccc4Sc4ccccc42)cc2c1B3c1cccc3c1N2c1ccccc1S3. The van der Waals surface area contributed by atoms with E-state index >= 15 is 0 Å². The smallest absolute Gasteiger partial charge is 0.252 e. The zero-order chi connectivity index (χ0) is 31.8. The second kappa shape index (κ2) is 9.94. The highest BCUT2D eigenvalue weighted by Crippen LogP contribution is 2.58. The quantitative estimate of drug-likeness (QED) is 0.159. The molecule has 0 atom stereocenters. The second-order valence-corrected chi connectivity index (χ2v) is 16.5. The van der Waals surface area contributed by atoms with Crippen molar-refractivity contribution < 1.29 is 0 Å². The standard InChI is InChI=1S/C42H26BN3S3/c1-5-17-34-28(13-1)44(29-14-2-6-18-35(29)47-34)25-23-32-40-33(24-25)46-31-16-4-8-20-37(31)49-39-22-10-12-27(42(39)46)43(40)26-11-9-21-38-41(26)45(32)30-15-3-7-19-36(30)48-38/h1-7,9-19,21-24H,8,20H2. The van der Waals surface area contributed by atoms with Gasteiger partial charge in [-0.3, -0.25) is 0 Å². The topological polar surface area (TPSA) is 9.72 Å². The number of thioether (sulfide) groups is 1. The van der Waals surface area contributed by atoms with Gasteiger partial charge in [0.05, 0.1) is 39.8 Å². The summed E-state index contributed by atoms with van der Waals surface area (Å²) in [5.41, 5.74) is 15.7. The molecule has 49 heavy (non-hydrogen) atoms. The van der Waals surface area contributed by atoms with Crippen molar-refractivity contribution >= 4 is 104 Å². The third kappa shape index (κ3) is 3.60. The van der Waals surface area contributed by atoms with Gasteiger partial charge in [-0.05, 0) is 96.0 Å². The number of fused-ring (bicyclic) bond motifs is 9. The lowest BCUT2D eigenvalue weighted by atomic mass is 9.33. The molecule has 0 aromatic heterocycles. The van der Waals surface area contributed by atoms with Crippen LogP contribution in [0.4, 0.5) is 45.5 Å². The van der Waals surface area contributed by atoms with E-state index < -0.39 is 0 Å². The zero-order valence-corrected chi connectivity index (χ0v) is 28.7. The molecule has 0 unspecified atom stereocenters. The summed E-state index contributed by atoms with van der Waals surface area (Å²) in [6.07, 6.45) is 6.92. The first-order chi connectivity index (χ1) is 24.3. The molecule has 0 saturated heterocycles. The highest BCUT2D eigenvalue weighted by Gasteiger charge is 2.48. The number of allylic oxidation sites excluding steroid dienone is 3. The van der Waals surface area contributed by atoms with Crippen LogP contribution in [0, 0.1) is 0 Å². The van der Waals surface area contributed by atoms with Gasteiger partial charge in [-0.25, -0.2) is 0 Å². The van der Waals surface area contributed by atoms with E-state index in [4.69, 9.17) is 0 Å². The summed E-state index contributed by atoms with van der Waals surface area (Å²) >= 11 is 5.75. The predicted octanol–water partition coefficient (Wildman–Crippen LogP) is 10.5. The van der Waals surface area contributed by atoms with Crippen LogP contribution in [-0.2, 0) is 0 Å². The van der Waals surface area contributed by atoms with Gasteiger partial charge in [-0.2, -0.15) is 0 Å². The Labute approximate surface area is 298 Å². The van der Waals surface area contributed by atoms with Crippen LogP contribution in [0.1, 0.15) is 12.8 Å². The van der Waals surface area contributed by atoms with E-state index in [9.17, 15) is 0 Å². The average Bonchev–Trinajstić information content (AvgIpc) is 3.15. The van der Waals surface area contributed by atoms with Gasteiger partial charge in [0.15, 0.2) is 0 Å². The fourth-order valence-electron chi connectivity index (χ4n) is 8.71. The first-order valence-corrected chi connectivity index (χ1v) is 19.3. The summed E-state index contributed by atoms with van der Waals surface area (Å²) in [5, 5.41) is 0. The molecule has 0 radical (unpaired) electrons. The van der Waals surface area contributed by atoms with Crippen LogP contribution in [-0.4, -0.2) is 6.71 Å². The molecule has 1 aliphatic carbocycles. The Hall–Kier alpha value is -4.69. The zero-order valence-electron chi connectivity index (χ0n) is 26.3. The summed E-state index contributed by atoms with van der Waals surface area (Å²) < 4.78 is 0. The van der Waals surface area contributed by atoms with Crippen molar-refractivity contribution in [1.82, 2.24) is 0 Å². The van der Waals surface area contributed by atoms with E-state index in [0.29, 0.717) is 0 Å². The van der Waals surface area contributed by atoms with Crippen LogP contribution in [0.2, 0.25) is 0 Å². The number of para-hydroxylation sites is 5. The van der Waals surface area contributed by atoms with Crippen LogP contribution < -0.4 is 31.1 Å². The lowest BCUT2D eigenvalue weighted by Gasteiger charge is -2.48. The largest absolute Gasteiger partial charge is 0.309 e. The second-order valence-electron chi connectivity index (χ2n) is 13.2. The molecular formula is C42H26BN3S3. The van der Waals surface area contributed by atoms with Crippen LogP contribution in [0.5, 0.6) is 0 Å². The Kier molecular flexibility index (Phi) is 5.51. The predicted molar refractivity (Wildman–Crippen MR) is 209 cm³/mol. The third-order valence-electron chi connectivity index (χ3n) is 10.6. The maximum Gasteiger partial charge on any atom is 0.252 e.